The quantitative estimate of drug-likeness (QED) is 0.803. The summed E-state index contributed by atoms with van der Waals surface area (Å²) in [5.41, 5.74) is 0.524. The van der Waals surface area contributed by atoms with Crippen molar-refractivity contribution in [3.8, 4) is 5.75 Å². The molecule has 1 atom stereocenters. The summed E-state index contributed by atoms with van der Waals surface area (Å²) in [6, 6.07) is 7.95. The van der Waals surface area contributed by atoms with Crippen molar-refractivity contribution in [3.63, 3.8) is 0 Å². The molecular weight excluding hydrogens is 242 g/mol. The number of hydrogen-bond acceptors (Lipinski definition) is 4. The first-order chi connectivity index (χ1) is 8.92. The van der Waals surface area contributed by atoms with E-state index >= 15 is 0 Å². The van der Waals surface area contributed by atoms with Crippen LogP contribution in [0.4, 0.5) is 0 Å². The highest BCUT2D eigenvalue weighted by atomic mass is 16.5. The van der Waals surface area contributed by atoms with Gasteiger partial charge >= 0.3 is 5.97 Å². The molecule has 0 saturated heterocycles. The molecule has 1 aromatic rings. The van der Waals surface area contributed by atoms with Gasteiger partial charge in [0.15, 0.2) is 0 Å². The van der Waals surface area contributed by atoms with Gasteiger partial charge in [0.2, 0.25) is 0 Å². The molecule has 0 radical (unpaired) electrons. The van der Waals surface area contributed by atoms with Crippen LogP contribution in [0.15, 0.2) is 24.3 Å². The Morgan fingerprint density at radius 2 is 1.95 bits per heavy atom. The fraction of sp³-hybridized carbons (Fsp3) is 0.533. The Morgan fingerprint density at radius 3 is 2.53 bits per heavy atom. The van der Waals surface area contributed by atoms with E-state index in [1.165, 1.54) is 7.11 Å². The summed E-state index contributed by atoms with van der Waals surface area (Å²) in [4.78, 5) is 11.6. The lowest BCUT2D eigenvalue weighted by Crippen LogP contribution is -2.38. The summed E-state index contributed by atoms with van der Waals surface area (Å²) in [7, 11) is 3.07. The number of rotatable bonds is 6. The maximum Gasteiger partial charge on any atom is 0.312 e. The van der Waals surface area contributed by atoms with Crippen LogP contribution in [0.25, 0.3) is 0 Å². The molecule has 1 rings (SSSR count). The molecule has 0 aliphatic carbocycles. The van der Waals surface area contributed by atoms with Gasteiger partial charge in [0.1, 0.15) is 5.75 Å². The second-order valence-electron chi connectivity index (χ2n) is 5.22. The molecule has 0 aromatic heterocycles. The zero-order valence-electron chi connectivity index (χ0n) is 12.3. The van der Waals surface area contributed by atoms with E-state index in [9.17, 15) is 4.79 Å². The van der Waals surface area contributed by atoms with Crippen molar-refractivity contribution in [3.05, 3.63) is 29.8 Å². The Bertz CT molecular complexity index is 429. The molecule has 0 spiro atoms. The van der Waals surface area contributed by atoms with Crippen LogP contribution >= 0.6 is 0 Å². The number of hydrogen-bond donors (Lipinski definition) is 1. The third-order valence-electron chi connectivity index (χ3n) is 3.19. The molecular formula is C15H23NO3. The van der Waals surface area contributed by atoms with Crippen molar-refractivity contribution in [2.75, 3.05) is 20.8 Å². The Labute approximate surface area is 115 Å². The van der Waals surface area contributed by atoms with Gasteiger partial charge in [-0.25, -0.2) is 0 Å². The van der Waals surface area contributed by atoms with Gasteiger partial charge < -0.3 is 14.8 Å². The van der Waals surface area contributed by atoms with E-state index < -0.39 is 5.41 Å². The molecule has 0 aliphatic rings. The van der Waals surface area contributed by atoms with Crippen molar-refractivity contribution >= 4 is 5.97 Å². The molecule has 1 aromatic carbocycles. The standard InChI is InChI=1S/C15H23NO3/c1-11(12-8-6-7-9-13(12)18-4)16-10-15(2,3)14(17)19-5/h6-9,11,16H,10H2,1-5H3/t11-/m1/s1. The summed E-state index contributed by atoms with van der Waals surface area (Å²) in [6.45, 7) is 6.31. The van der Waals surface area contributed by atoms with Crippen LogP contribution in [0, 0.1) is 5.41 Å². The Morgan fingerprint density at radius 1 is 1.32 bits per heavy atom. The third-order valence-corrected chi connectivity index (χ3v) is 3.19. The molecule has 106 valence electrons. The number of nitrogens with one attached hydrogen (secondary N) is 1. The Balaban J connectivity index is 2.70. The average molecular weight is 265 g/mol. The van der Waals surface area contributed by atoms with Crippen LogP contribution in [0.2, 0.25) is 0 Å². The summed E-state index contributed by atoms with van der Waals surface area (Å²) >= 11 is 0. The van der Waals surface area contributed by atoms with Crippen molar-refractivity contribution in [1.82, 2.24) is 5.32 Å². The van der Waals surface area contributed by atoms with Crippen LogP contribution < -0.4 is 10.1 Å². The molecule has 0 saturated carbocycles. The predicted molar refractivity (Wildman–Crippen MR) is 75.2 cm³/mol. The second kappa shape index (κ2) is 6.57. The van der Waals surface area contributed by atoms with Gasteiger partial charge in [0.05, 0.1) is 19.6 Å². The SMILES string of the molecule is COC(=O)C(C)(C)CN[C@H](C)c1ccccc1OC. The van der Waals surface area contributed by atoms with E-state index in [1.807, 2.05) is 45.0 Å². The highest BCUT2D eigenvalue weighted by Gasteiger charge is 2.29. The van der Waals surface area contributed by atoms with Crippen LogP contribution in [0.1, 0.15) is 32.4 Å². The third kappa shape index (κ3) is 3.96. The molecule has 4 heteroatoms. The first kappa shape index (κ1) is 15.5. The smallest absolute Gasteiger partial charge is 0.312 e. The van der Waals surface area contributed by atoms with Gasteiger partial charge in [0.25, 0.3) is 0 Å². The van der Waals surface area contributed by atoms with Gasteiger partial charge in [-0.3, -0.25) is 4.79 Å². The fourth-order valence-electron chi connectivity index (χ4n) is 1.89. The largest absolute Gasteiger partial charge is 0.496 e. The lowest BCUT2D eigenvalue weighted by Gasteiger charge is -2.25. The van der Waals surface area contributed by atoms with Gasteiger partial charge in [0, 0.05) is 18.2 Å². The molecule has 0 heterocycles. The van der Waals surface area contributed by atoms with E-state index in [1.54, 1.807) is 7.11 Å². The summed E-state index contributed by atoms with van der Waals surface area (Å²) in [5.74, 6) is 0.630. The molecule has 0 amide bonds. The minimum Gasteiger partial charge on any atom is -0.496 e. The number of carbonyl (C=O) groups is 1. The highest BCUT2D eigenvalue weighted by molar-refractivity contribution is 5.76. The van der Waals surface area contributed by atoms with E-state index in [2.05, 4.69) is 5.32 Å². The normalized spacial score (nSPS) is 12.9. The number of benzene rings is 1. The van der Waals surface area contributed by atoms with Crippen LogP contribution in [-0.4, -0.2) is 26.7 Å². The van der Waals surface area contributed by atoms with Gasteiger partial charge in [-0.1, -0.05) is 18.2 Å². The van der Waals surface area contributed by atoms with Gasteiger partial charge in [-0.05, 0) is 26.8 Å². The predicted octanol–water partition coefficient (Wildman–Crippen LogP) is 2.55. The highest BCUT2D eigenvalue weighted by Crippen LogP contribution is 2.25. The Kier molecular flexibility index (Phi) is 5.36. The van der Waals surface area contributed by atoms with E-state index in [-0.39, 0.29) is 12.0 Å². The lowest BCUT2D eigenvalue weighted by molar-refractivity contribution is -0.150. The van der Waals surface area contributed by atoms with Crippen LogP contribution in [0.3, 0.4) is 0 Å². The maximum atomic E-state index is 11.6. The molecule has 0 bridgehead atoms. The van der Waals surface area contributed by atoms with E-state index in [0.717, 1.165) is 11.3 Å². The first-order valence-corrected chi connectivity index (χ1v) is 6.37. The Hall–Kier alpha value is -1.55. The van der Waals surface area contributed by atoms with Crippen LogP contribution in [0.5, 0.6) is 5.75 Å². The molecule has 0 aliphatic heterocycles. The number of methoxy groups -OCH3 is 2. The number of carbonyl (C=O) groups excluding carboxylic acids is 1. The van der Waals surface area contributed by atoms with Gasteiger partial charge in [-0.2, -0.15) is 0 Å². The zero-order chi connectivity index (χ0) is 14.5. The van der Waals surface area contributed by atoms with Gasteiger partial charge in [-0.15, -0.1) is 0 Å². The van der Waals surface area contributed by atoms with Crippen molar-refractivity contribution < 1.29 is 14.3 Å². The number of esters is 1. The van der Waals surface area contributed by atoms with Crippen molar-refractivity contribution in [2.24, 2.45) is 5.41 Å². The number of para-hydroxylation sites is 1. The number of ether oxygens (including phenoxy) is 2. The van der Waals surface area contributed by atoms with Crippen molar-refractivity contribution in [2.45, 2.75) is 26.8 Å². The summed E-state index contributed by atoms with van der Waals surface area (Å²) in [5, 5.41) is 3.35. The fourth-order valence-corrected chi connectivity index (χ4v) is 1.89. The summed E-state index contributed by atoms with van der Waals surface area (Å²) in [6.07, 6.45) is 0. The van der Waals surface area contributed by atoms with E-state index in [4.69, 9.17) is 9.47 Å². The molecule has 0 fully saturated rings. The van der Waals surface area contributed by atoms with Crippen molar-refractivity contribution in [1.29, 1.82) is 0 Å². The maximum absolute atomic E-state index is 11.6. The average Bonchev–Trinajstić information content (AvgIpc) is 2.43. The van der Waals surface area contributed by atoms with Crippen LogP contribution in [-0.2, 0) is 9.53 Å². The minimum atomic E-state index is -0.551. The first-order valence-electron chi connectivity index (χ1n) is 6.37. The lowest BCUT2D eigenvalue weighted by atomic mass is 9.93. The molecule has 1 N–H and O–H groups in total. The summed E-state index contributed by atoms with van der Waals surface area (Å²) < 4.78 is 10.1. The molecule has 4 nitrogen and oxygen atoms in total. The topological polar surface area (TPSA) is 47.6 Å². The monoisotopic (exact) mass is 265 g/mol. The van der Waals surface area contributed by atoms with E-state index in [0.29, 0.717) is 6.54 Å². The molecule has 19 heavy (non-hydrogen) atoms. The minimum absolute atomic E-state index is 0.0973. The second-order valence-corrected chi connectivity index (χ2v) is 5.22. The molecule has 0 unspecified atom stereocenters. The zero-order valence-corrected chi connectivity index (χ0v) is 12.3.